The van der Waals surface area contributed by atoms with Crippen molar-refractivity contribution in [1.82, 2.24) is 0 Å². The lowest BCUT2D eigenvalue weighted by atomic mass is 9.82. The van der Waals surface area contributed by atoms with Gasteiger partial charge in [-0.3, -0.25) is 0 Å². The average Bonchev–Trinajstić information content (AvgIpc) is 3.26. The number of para-hydroxylation sites is 1. The van der Waals surface area contributed by atoms with Gasteiger partial charge in [0.25, 0.3) is 0 Å². The zero-order valence-electron chi connectivity index (χ0n) is 14.1. The summed E-state index contributed by atoms with van der Waals surface area (Å²) in [6, 6.07) is 23.7. The largest absolute Gasteiger partial charge is 0.456 e. The lowest BCUT2D eigenvalue weighted by Gasteiger charge is -2.21. The van der Waals surface area contributed by atoms with E-state index in [-0.39, 0.29) is 0 Å². The van der Waals surface area contributed by atoms with Crippen molar-refractivity contribution < 1.29 is 4.42 Å². The van der Waals surface area contributed by atoms with Gasteiger partial charge in [0.15, 0.2) is 0 Å². The molecule has 0 fully saturated rings. The number of thiophene rings is 1. The predicted octanol–water partition coefficient (Wildman–Crippen LogP) is 7.35. The highest BCUT2D eigenvalue weighted by molar-refractivity contribution is 7.20. The molecular weight excluding hydrogens is 336 g/mol. The van der Waals surface area contributed by atoms with Crippen molar-refractivity contribution >= 4 is 49.4 Å². The quantitative estimate of drug-likeness (QED) is 0.307. The standard InChI is InChI=1S/C24H16OS/c1-3-11-19-17(7-1)23-15(9-5-12-20(23)25-19)16-10-6-14-22-24(16)18-8-2-4-13-21(18)26-22/h1-9,11-14,16H,10H2. The fourth-order valence-corrected chi connectivity index (χ4v) is 5.57. The van der Waals surface area contributed by atoms with Gasteiger partial charge >= 0.3 is 0 Å². The van der Waals surface area contributed by atoms with Crippen LogP contribution in [-0.2, 0) is 0 Å². The molecule has 0 amide bonds. The summed E-state index contributed by atoms with van der Waals surface area (Å²) >= 11 is 1.90. The summed E-state index contributed by atoms with van der Waals surface area (Å²) in [4.78, 5) is 1.40. The second-order valence-electron chi connectivity index (χ2n) is 6.89. The third-order valence-corrected chi connectivity index (χ3v) is 6.61. The van der Waals surface area contributed by atoms with Crippen molar-refractivity contribution in [2.75, 3.05) is 0 Å². The molecule has 5 aromatic rings. The summed E-state index contributed by atoms with van der Waals surface area (Å²) in [6.07, 6.45) is 5.65. The number of hydrogen-bond acceptors (Lipinski definition) is 2. The van der Waals surface area contributed by atoms with Gasteiger partial charge < -0.3 is 4.42 Å². The van der Waals surface area contributed by atoms with E-state index in [4.69, 9.17) is 4.42 Å². The molecule has 6 rings (SSSR count). The molecule has 0 radical (unpaired) electrons. The molecule has 0 bridgehead atoms. The number of furan rings is 1. The van der Waals surface area contributed by atoms with Crippen LogP contribution < -0.4 is 0 Å². The molecule has 0 N–H and O–H groups in total. The van der Waals surface area contributed by atoms with Crippen LogP contribution in [0.25, 0.3) is 38.1 Å². The maximum absolute atomic E-state index is 6.13. The molecule has 2 aromatic heterocycles. The van der Waals surface area contributed by atoms with Crippen LogP contribution in [0, 0.1) is 0 Å². The first-order valence-corrected chi connectivity index (χ1v) is 9.80. The van der Waals surface area contributed by atoms with Crippen molar-refractivity contribution in [3.05, 3.63) is 88.8 Å². The smallest absolute Gasteiger partial charge is 0.135 e. The van der Waals surface area contributed by atoms with E-state index < -0.39 is 0 Å². The van der Waals surface area contributed by atoms with Crippen LogP contribution in [0.2, 0.25) is 0 Å². The number of fused-ring (bicyclic) bond motifs is 6. The van der Waals surface area contributed by atoms with Gasteiger partial charge in [-0.1, -0.05) is 54.6 Å². The fraction of sp³-hybridized carbons (Fsp3) is 0.0833. The van der Waals surface area contributed by atoms with Gasteiger partial charge in [0.1, 0.15) is 11.2 Å². The SMILES string of the molecule is C1=Cc2sc3ccccc3c2C(c2cccc3oc4ccccc4c23)C1. The maximum Gasteiger partial charge on any atom is 0.135 e. The van der Waals surface area contributed by atoms with Gasteiger partial charge in [-0.05, 0) is 47.2 Å². The van der Waals surface area contributed by atoms with Gasteiger partial charge in [-0.2, -0.15) is 0 Å². The lowest BCUT2D eigenvalue weighted by Crippen LogP contribution is -2.04. The van der Waals surface area contributed by atoms with E-state index in [1.54, 1.807) is 0 Å². The summed E-state index contributed by atoms with van der Waals surface area (Å²) in [5, 5.41) is 3.88. The van der Waals surface area contributed by atoms with Gasteiger partial charge in [0, 0.05) is 26.3 Å². The van der Waals surface area contributed by atoms with Crippen molar-refractivity contribution in [2.24, 2.45) is 0 Å². The van der Waals surface area contributed by atoms with Crippen molar-refractivity contribution in [3.8, 4) is 0 Å². The molecule has 1 aliphatic rings. The molecule has 0 aliphatic heterocycles. The van der Waals surface area contributed by atoms with Crippen LogP contribution in [0.3, 0.4) is 0 Å². The minimum atomic E-state index is 0.371. The zero-order chi connectivity index (χ0) is 17.1. The summed E-state index contributed by atoms with van der Waals surface area (Å²) in [5.41, 5.74) is 4.81. The predicted molar refractivity (Wildman–Crippen MR) is 111 cm³/mol. The molecule has 26 heavy (non-hydrogen) atoms. The second-order valence-corrected chi connectivity index (χ2v) is 7.97. The van der Waals surface area contributed by atoms with Gasteiger partial charge in [-0.25, -0.2) is 0 Å². The number of allylic oxidation sites excluding steroid dienone is 1. The van der Waals surface area contributed by atoms with E-state index >= 15 is 0 Å². The molecule has 1 aliphatic carbocycles. The van der Waals surface area contributed by atoms with Crippen LogP contribution >= 0.6 is 11.3 Å². The normalized spacial score (nSPS) is 16.5. The highest BCUT2D eigenvalue weighted by Gasteiger charge is 2.26. The molecule has 2 heteroatoms. The third-order valence-electron chi connectivity index (χ3n) is 5.46. The minimum absolute atomic E-state index is 0.371. The average molecular weight is 352 g/mol. The third kappa shape index (κ3) is 1.91. The van der Waals surface area contributed by atoms with Crippen LogP contribution in [0.4, 0.5) is 0 Å². The van der Waals surface area contributed by atoms with Gasteiger partial charge in [0.05, 0.1) is 0 Å². The minimum Gasteiger partial charge on any atom is -0.456 e. The van der Waals surface area contributed by atoms with Gasteiger partial charge in [-0.15, -0.1) is 11.3 Å². The molecular formula is C24H16OS. The van der Waals surface area contributed by atoms with Crippen LogP contribution in [0.1, 0.15) is 28.3 Å². The number of hydrogen-bond donors (Lipinski definition) is 0. The Morgan fingerprint density at radius 2 is 1.62 bits per heavy atom. The Morgan fingerprint density at radius 1 is 0.808 bits per heavy atom. The molecule has 1 atom stereocenters. The molecule has 0 saturated heterocycles. The summed E-state index contributed by atoms with van der Waals surface area (Å²) in [7, 11) is 0. The molecule has 3 aromatic carbocycles. The van der Waals surface area contributed by atoms with Crippen LogP contribution in [0.5, 0.6) is 0 Å². The first-order chi connectivity index (χ1) is 12.9. The first kappa shape index (κ1) is 14.3. The highest BCUT2D eigenvalue weighted by atomic mass is 32.1. The molecule has 2 heterocycles. The molecule has 1 unspecified atom stereocenters. The lowest BCUT2D eigenvalue weighted by molar-refractivity contribution is 0.668. The van der Waals surface area contributed by atoms with E-state index in [1.807, 2.05) is 17.4 Å². The van der Waals surface area contributed by atoms with Gasteiger partial charge in [0.2, 0.25) is 0 Å². The molecule has 0 spiro atoms. The van der Waals surface area contributed by atoms with E-state index in [2.05, 4.69) is 72.8 Å². The zero-order valence-corrected chi connectivity index (χ0v) is 14.9. The maximum atomic E-state index is 6.13. The van der Waals surface area contributed by atoms with Crippen molar-refractivity contribution in [3.63, 3.8) is 0 Å². The molecule has 1 nitrogen and oxygen atoms in total. The Bertz CT molecular complexity index is 1320. The summed E-state index contributed by atoms with van der Waals surface area (Å²) < 4.78 is 7.50. The topological polar surface area (TPSA) is 13.1 Å². The highest BCUT2D eigenvalue weighted by Crippen LogP contribution is 2.46. The number of rotatable bonds is 1. The van der Waals surface area contributed by atoms with Crippen LogP contribution in [0.15, 0.2) is 77.2 Å². The van der Waals surface area contributed by atoms with E-state index in [0.717, 1.165) is 17.6 Å². The molecule has 124 valence electrons. The Labute approximate surface area is 155 Å². The van der Waals surface area contributed by atoms with Crippen molar-refractivity contribution in [2.45, 2.75) is 12.3 Å². The van der Waals surface area contributed by atoms with E-state index in [1.165, 1.54) is 36.9 Å². The Kier molecular flexibility index (Phi) is 2.94. The Morgan fingerprint density at radius 3 is 2.58 bits per heavy atom. The Balaban J connectivity index is 1.69. The van der Waals surface area contributed by atoms with E-state index in [0.29, 0.717) is 5.92 Å². The monoisotopic (exact) mass is 352 g/mol. The second kappa shape index (κ2) is 5.33. The molecule has 0 saturated carbocycles. The Hall–Kier alpha value is -2.84. The van der Waals surface area contributed by atoms with Crippen LogP contribution in [-0.4, -0.2) is 0 Å². The summed E-state index contributed by atoms with van der Waals surface area (Å²) in [6.45, 7) is 0. The fourth-order valence-electron chi connectivity index (χ4n) is 4.37. The van der Waals surface area contributed by atoms with Crippen molar-refractivity contribution in [1.29, 1.82) is 0 Å². The van der Waals surface area contributed by atoms with E-state index in [9.17, 15) is 0 Å². The first-order valence-electron chi connectivity index (χ1n) is 8.98. The number of benzene rings is 3. The summed E-state index contributed by atoms with van der Waals surface area (Å²) in [5.74, 6) is 0.371.